The van der Waals surface area contributed by atoms with Crippen molar-refractivity contribution in [1.82, 2.24) is 14.4 Å². The van der Waals surface area contributed by atoms with Crippen LogP contribution in [0.5, 0.6) is 5.75 Å². The lowest BCUT2D eigenvalue weighted by molar-refractivity contribution is 0.418. The molecule has 3 N–H and O–H groups in total. The van der Waals surface area contributed by atoms with Gasteiger partial charge < -0.3 is 9.72 Å². The van der Waals surface area contributed by atoms with Crippen molar-refractivity contribution in [3.8, 4) is 5.75 Å². The van der Waals surface area contributed by atoms with Gasteiger partial charge in [0.1, 0.15) is 5.75 Å². The Kier molecular flexibility index (Phi) is 4.84. The van der Waals surface area contributed by atoms with Gasteiger partial charge in [-0.2, -0.15) is 8.42 Å². The van der Waals surface area contributed by atoms with E-state index in [1.54, 1.807) is 19.2 Å². The van der Waals surface area contributed by atoms with Crippen molar-refractivity contribution in [1.29, 1.82) is 0 Å². The fraction of sp³-hybridized carbons (Fsp3) is 0.357. The van der Waals surface area contributed by atoms with Gasteiger partial charge in [0.05, 0.1) is 12.6 Å². The van der Waals surface area contributed by atoms with Crippen LogP contribution in [0, 0.1) is 6.92 Å². The maximum absolute atomic E-state index is 12.1. The molecule has 2 aromatic rings. The molecule has 0 saturated heterocycles. The van der Waals surface area contributed by atoms with Crippen LogP contribution in [-0.2, 0) is 16.6 Å². The molecule has 0 aliphatic rings. The summed E-state index contributed by atoms with van der Waals surface area (Å²) in [7, 11) is -0.631. The highest BCUT2D eigenvalue weighted by Crippen LogP contribution is 2.25. The van der Waals surface area contributed by atoms with Gasteiger partial charge in [-0.05, 0) is 31.0 Å². The third-order valence-electron chi connectivity index (χ3n) is 3.45. The SMILES string of the molecule is CNS(=O)(=O)NCCc1cc2c(C)ccc(OC)c2[nH]c1=O. The van der Waals surface area contributed by atoms with E-state index < -0.39 is 10.2 Å². The highest BCUT2D eigenvalue weighted by Gasteiger charge is 2.10. The second-order valence-electron chi connectivity index (χ2n) is 4.85. The van der Waals surface area contributed by atoms with Crippen LogP contribution in [0.2, 0.25) is 0 Å². The zero-order valence-electron chi connectivity index (χ0n) is 12.7. The van der Waals surface area contributed by atoms with Gasteiger partial charge in [0.25, 0.3) is 15.8 Å². The lowest BCUT2D eigenvalue weighted by Crippen LogP contribution is -2.35. The fourth-order valence-corrected chi connectivity index (χ4v) is 2.72. The number of hydrogen-bond acceptors (Lipinski definition) is 4. The molecule has 0 aliphatic carbocycles. The Bertz CT molecular complexity index is 843. The van der Waals surface area contributed by atoms with Crippen LogP contribution in [0.1, 0.15) is 11.1 Å². The zero-order valence-corrected chi connectivity index (χ0v) is 13.5. The van der Waals surface area contributed by atoms with Crippen LogP contribution in [0.4, 0.5) is 0 Å². The van der Waals surface area contributed by atoms with Gasteiger partial charge in [0.2, 0.25) is 0 Å². The number of rotatable bonds is 6. The fourth-order valence-electron chi connectivity index (χ4n) is 2.20. The molecule has 2 rings (SSSR count). The van der Waals surface area contributed by atoms with Crippen LogP contribution < -0.4 is 19.7 Å². The van der Waals surface area contributed by atoms with E-state index in [-0.39, 0.29) is 12.1 Å². The van der Waals surface area contributed by atoms with Crippen molar-refractivity contribution in [2.75, 3.05) is 20.7 Å². The van der Waals surface area contributed by atoms with E-state index >= 15 is 0 Å². The molecule has 7 nitrogen and oxygen atoms in total. The van der Waals surface area contributed by atoms with E-state index in [2.05, 4.69) is 14.4 Å². The van der Waals surface area contributed by atoms with E-state index in [0.29, 0.717) is 23.3 Å². The maximum atomic E-state index is 12.1. The number of fused-ring (bicyclic) bond motifs is 1. The quantitative estimate of drug-likeness (QED) is 0.717. The predicted molar refractivity (Wildman–Crippen MR) is 85.5 cm³/mol. The maximum Gasteiger partial charge on any atom is 0.276 e. The Hall–Kier alpha value is -1.90. The molecule has 0 bridgehead atoms. The summed E-state index contributed by atoms with van der Waals surface area (Å²) in [6, 6.07) is 5.49. The minimum absolute atomic E-state index is 0.140. The first-order chi connectivity index (χ1) is 10.4. The summed E-state index contributed by atoms with van der Waals surface area (Å²) in [4.78, 5) is 14.9. The van der Waals surface area contributed by atoms with Crippen molar-refractivity contribution in [3.05, 3.63) is 39.7 Å². The first-order valence-electron chi connectivity index (χ1n) is 6.75. The Balaban J connectivity index is 2.34. The van der Waals surface area contributed by atoms with Gasteiger partial charge in [0.15, 0.2) is 0 Å². The van der Waals surface area contributed by atoms with Gasteiger partial charge in [-0.25, -0.2) is 9.44 Å². The first-order valence-corrected chi connectivity index (χ1v) is 8.24. The number of nitrogens with one attached hydrogen (secondary N) is 3. The molecule has 1 aromatic carbocycles. The van der Waals surface area contributed by atoms with Crippen LogP contribution in [0.3, 0.4) is 0 Å². The molecule has 120 valence electrons. The summed E-state index contributed by atoms with van der Waals surface area (Å²) >= 11 is 0. The molecule has 0 amide bonds. The Morgan fingerprint density at radius 2 is 2.05 bits per heavy atom. The number of aromatic nitrogens is 1. The van der Waals surface area contributed by atoms with E-state index in [1.807, 2.05) is 13.0 Å². The van der Waals surface area contributed by atoms with Crippen LogP contribution >= 0.6 is 0 Å². The summed E-state index contributed by atoms with van der Waals surface area (Å²) in [6.07, 6.45) is 0.294. The summed E-state index contributed by atoms with van der Waals surface area (Å²) in [5.41, 5.74) is 1.92. The molecule has 0 saturated carbocycles. The van der Waals surface area contributed by atoms with Crippen LogP contribution in [-0.4, -0.2) is 34.1 Å². The molecule has 0 radical (unpaired) electrons. The second kappa shape index (κ2) is 6.47. The molecule has 0 atom stereocenters. The molecular weight excluding hydrogens is 306 g/mol. The number of hydrogen-bond donors (Lipinski definition) is 3. The van der Waals surface area contributed by atoms with Crippen molar-refractivity contribution in [2.45, 2.75) is 13.3 Å². The number of H-pyrrole nitrogens is 1. The van der Waals surface area contributed by atoms with Gasteiger partial charge in [0, 0.05) is 24.5 Å². The smallest absolute Gasteiger partial charge is 0.276 e. The average Bonchev–Trinajstić information content (AvgIpc) is 2.49. The molecule has 22 heavy (non-hydrogen) atoms. The number of aryl methyl sites for hydroxylation is 1. The number of ether oxygens (including phenoxy) is 1. The Morgan fingerprint density at radius 1 is 1.32 bits per heavy atom. The number of benzene rings is 1. The highest BCUT2D eigenvalue weighted by molar-refractivity contribution is 7.87. The lowest BCUT2D eigenvalue weighted by atomic mass is 10.1. The molecular formula is C14H19N3O4S. The minimum atomic E-state index is -3.50. The summed E-state index contributed by atoms with van der Waals surface area (Å²) in [5.74, 6) is 0.597. The lowest BCUT2D eigenvalue weighted by Gasteiger charge is -2.10. The van der Waals surface area contributed by atoms with Gasteiger partial charge >= 0.3 is 0 Å². The number of pyridine rings is 1. The summed E-state index contributed by atoms with van der Waals surface area (Å²) in [6.45, 7) is 2.08. The summed E-state index contributed by atoms with van der Waals surface area (Å²) in [5, 5.41) is 0.880. The van der Waals surface area contributed by atoms with Crippen molar-refractivity contribution in [2.24, 2.45) is 0 Å². The van der Waals surface area contributed by atoms with E-state index in [1.165, 1.54) is 7.05 Å². The average molecular weight is 325 g/mol. The normalized spacial score (nSPS) is 11.8. The molecule has 0 spiro atoms. The van der Waals surface area contributed by atoms with E-state index in [4.69, 9.17) is 4.74 Å². The standard InChI is InChI=1S/C14H19N3O4S/c1-9-4-5-12(21-3)13-11(9)8-10(14(18)17-13)6-7-16-22(19,20)15-2/h4-5,8,15-16H,6-7H2,1-3H3,(H,17,18). The summed E-state index contributed by atoms with van der Waals surface area (Å²) < 4.78 is 32.4. The molecule has 0 unspecified atom stereocenters. The Morgan fingerprint density at radius 3 is 2.68 bits per heavy atom. The Labute approximate surface area is 128 Å². The third kappa shape index (κ3) is 3.46. The number of methoxy groups -OCH3 is 1. The predicted octanol–water partition coefficient (Wildman–Crippen LogP) is 0.441. The molecule has 8 heteroatoms. The van der Waals surface area contributed by atoms with Gasteiger partial charge in [-0.3, -0.25) is 4.79 Å². The van der Waals surface area contributed by atoms with Crippen LogP contribution in [0.25, 0.3) is 10.9 Å². The highest BCUT2D eigenvalue weighted by atomic mass is 32.2. The van der Waals surface area contributed by atoms with Crippen LogP contribution in [0.15, 0.2) is 23.0 Å². The van der Waals surface area contributed by atoms with Gasteiger partial charge in [-0.15, -0.1) is 0 Å². The third-order valence-corrected chi connectivity index (χ3v) is 4.57. The van der Waals surface area contributed by atoms with E-state index in [0.717, 1.165) is 10.9 Å². The molecule has 1 heterocycles. The van der Waals surface area contributed by atoms with Crippen molar-refractivity contribution in [3.63, 3.8) is 0 Å². The molecule has 0 aliphatic heterocycles. The molecule has 1 aromatic heterocycles. The zero-order chi connectivity index (χ0) is 16.3. The van der Waals surface area contributed by atoms with Gasteiger partial charge in [-0.1, -0.05) is 6.07 Å². The number of aromatic amines is 1. The second-order valence-corrected chi connectivity index (χ2v) is 6.55. The van der Waals surface area contributed by atoms with Crippen molar-refractivity contribution < 1.29 is 13.2 Å². The van der Waals surface area contributed by atoms with E-state index in [9.17, 15) is 13.2 Å². The first kappa shape index (κ1) is 16.5. The topological polar surface area (TPSA) is 100 Å². The molecule has 0 fully saturated rings. The monoisotopic (exact) mass is 325 g/mol. The largest absolute Gasteiger partial charge is 0.495 e. The van der Waals surface area contributed by atoms with Crippen molar-refractivity contribution >= 4 is 21.1 Å². The minimum Gasteiger partial charge on any atom is -0.495 e.